The van der Waals surface area contributed by atoms with E-state index in [4.69, 9.17) is 11.6 Å². The number of hydrogen-bond donors (Lipinski definition) is 1. The molecule has 2 aromatic carbocycles. The molecule has 0 spiro atoms. The molecule has 0 saturated heterocycles. The molecular formula is C24H32Br2ClF4N2+. The van der Waals surface area contributed by atoms with E-state index in [-0.39, 0.29) is 17.0 Å². The van der Waals surface area contributed by atoms with Gasteiger partial charge in [0.05, 0.1) is 6.92 Å². The van der Waals surface area contributed by atoms with Crippen molar-refractivity contribution in [3.63, 3.8) is 0 Å². The predicted octanol–water partition coefficient (Wildman–Crippen LogP) is 8.24. The summed E-state index contributed by atoms with van der Waals surface area (Å²) in [4.78, 5) is 2.07. The van der Waals surface area contributed by atoms with Crippen molar-refractivity contribution in [3.8, 4) is 0 Å². The number of nitrogens with one attached hydrogen (secondary N) is 1. The van der Waals surface area contributed by atoms with Gasteiger partial charge in [-0.3, -0.25) is 10.2 Å². The molecule has 0 aliphatic heterocycles. The Kier molecular flexibility index (Phi) is 13.6. The molecule has 0 aliphatic rings. The van der Waals surface area contributed by atoms with Crippen LogP contribution in [0.15, 0.2) is 33.2 Å². The van der Waals surface area contributed by atoms with E-state index in [0.717, 1.165) is 17.7 Å². The Balaban J connectivity index is 0.000000520. The Bertz CT molecular complexity index is 897. The molecule has 1 N–H and O–H groups in total. The summed E-state index contributed by atoms with van der Waals surface area (Å²) >= 11 is 11.7. The second-order valence-corrected chi connectivity index (χ2v) is 11.0. The highest BCUT2D eigenvalue weighted by atomic mass is 79.9. The Hall–Kier alpha value is -0.800. The fraction of sp³-hybridized carbons (Fsp3) is 0.458. The standard InChI is InChI=1S/C12H16BrF2N.C7H4BrClF2.C5H12N/c1-12(2,3)16(4)7-8-5-10(14)11(15)6-9(8)13;8-5-2-7(11)6(10)1-4(5)3-9;1-5(2,3)6-4/h5-6H,7H2,1-4H3;1-2H,3H2;6H,1H2,2-4H3/q;;+1. The smallest absolute Gasteiger partial charge is 0.159 e. The van der Waals surface area contributed by atoms with E-state index in [1.54, 1.807) is 0 Å². The lowest BCUT2D eigenvalue weighted by molar-refractivity contribution is 0.167. The van der Waals surface area contributed by atoms with Gasteiger partial charge in [0.2, 0.25) is 0 Å². The van der Waals surface area contributed by atoms with Crippen molar-refractivity contribution >= 4 is 43.5 Å². The molecule has 0 heterocycles. The maximum Gasteiger partial charge on any atom is 0.159 e. The third kappa shape index (κ3) is 12.5. The number of nitrogens with zero attached hydrogens (tertiary/aromatic N) is 1. The molecule has 0 aromatic heterocycles. The lowest BCUT2D eigenvalue weighted by atomic mass is 10.1. The van der Waals surface area contributed by atoms with Crippen molar-refractivity contribution in [2.24, 2.45) is 0 Å². The molecule has 0 fully saturated rings. The second-order valence-electron chi connectivity index (χ2n) is 9.01. The van der Waals surface area contributed by atoms with Crippen LogP contribution in [-0.4, -0.2) is 30.1 Å². The van der Waals surface area contributed by atoms with Crippen LogP contribution in [0.25, 0.3) is 0 Å². The fourth-order valence-corrected chi connectivity index (χ4v) is 3.12. The average molecular weight is 620 g/mol. The lowest BCUT2D eigenvalue weighted by Gasteiger charge is -2.32. The Labute approximate surface area is 217 Å². The summed E-state index contributed by atoms with van der Waals surface area (Å²) in [7, 11) is 3.85. The zero-order valence-electron chi connectivity index (χ0n) is 20.0. The summed E-state index contributed by atoms with van der Waals surface area (Å²) in [5.74, 6) is -3.21. The van der Waals surface area contributed by atoms with Gasteiger partial charge in [0.1, 0.15) is 0 Å². The molecule has 0 bridgehead atoms. The molecule has 2 rings (SSSR count). The summed E-state index contributed by atoms with van der Waals surface area (Å²) in [5.41, 5.74) is 1.33. The SMILES string of the molecule is CN(Cc1cc(F)c(F)cc1Br)C(C)(C)C.Fc1cc(Br)c(CCl)cc1F.[CH2+]C(C)(C)NC. The number of hydrogen-bond acceptors (Lipinski definition) is 2. The number of halogens is 7. The molecule has 0 aliphatic carbocycles. The summed E-state index contributed by atoms with van der Waals surface area (Å²) in [6, 6.07) is 4.54. The largest absolute Gasteiger partial charge is 0.297 e. The maximum absolute atomic E-state index is 13.1. The Morgan fingerprint density at radius 3 is 1.52 bits per heavy atom. The average Bonchev–Trinajstić information content (AvgIpc) is 2.68. The summed E-state index contributed by atoms with van der Waals surface area (Å²) in [6.45, 7) is 14.6. The van der Waals surface area contributed by atoms with E-state index in [1.165, 1.54) is 12.1 Å². The fourth-order valence-electron chi connectivity index (χ4n) is 1.84. The first-order valence-electron chi connectivity index (χ1n) is 10.0. The van der Waals surface area contributed by atoms with Crippen LogP contribution in [0.5, 0.6) is 0 Å². The molecule has 0 radical (unpaired) electrons. The van der Waals surface area contributed by atoms with Crippen LogP contribution >= 0.6 is 43.5 Å². The normalized spacial score (nSPS) is 11.5. The third-order valence-electron chi connectivity index (χ3n) is 4.55. The van der Waals surface area contributed by atoms with Gasteiger partial charge in [-0.1, -0.05) is 31.9 Å². The highest BCUT2D eigenvalue weighted by molar-refractivity contribution is 9.10. The van der Waals surface area contributed by atoms with Crippen LogP contribution in [0.2, 0.25) is 0 Å². The van der Waals surface area contributed by atoms with E-state index in [0.29, 0.717) is 21.1 Å². The van der Waals surface area contributed by atoms with Crippen LogP contribution in [-0.2, 0) is 12.4 Å². The van der Waals surface area contributed by atoms with Gasteiger partial charge < -0.3 is 0 Å². The molecule has 2 aromatic rings. The first-order valence-corrected chi connectivity index (χ1v) is 12.1. The second kappa shape index (κ2) is 13.9. The van der Waals surface area contributed by atoms with Crippen LogP contribution < -0.4 is 5.32 Å². The number of benzene rings is 2. The van der Waals surface area contributed by atoms with Crippen molar-refractivity contribution in [1.29, 1.82) is 0 Å². The van der Waals surface area contributed by atoms with Crippen LogP contribution in [0.3, 0.4) is 0 Å². The predicted molar refractivity (Wildman–Crippen MR) is 137 cm³/mol. The van der Waals surface area contributed by atoms with Gasteiger partial charge in [0.25, 0.3) is 0 Å². The zero-order valence-corrected chi connectivity index (χ0v) is 24.0. The monoisotopic (exact) mass is 617 g/mol. The molecule has 2 nitrogen and oxygen atoms in total. The highest BCUT2D eigenvalue weighted by Crippen LogP contribution is 2.24. The van der Waals surface area contributed by atoms with Crippen molar-refractivity contribution in [1.82, 2.24) is 10.2 Å². The lowest BCUT2D eigenvalue weighted by Crippen LogP contribution is -2.37. The molecule has 0 atom stereocenters. The van der Waals surface area contributed by atoms with Crippen LogP contribution in [0.4, 0.5) is 17.6 Å². The van der Waals surface area contributed by atoms with Crippen molar-refractivity contribution in [2.45, 2.75) is 58.1 Å². The summed E-state index contributed by atoms with van der Waals surface area (Å²) in [6.07, 6.45) is 0. The minimum Gasteiger partial charge on any atom is -0.297 e. The number of rotatable bonds is 4. The van der Waals surface area contributed by atoms with Gasteiger partial charge in [-0.15, -0.1) is 11.6 Å². The molecule has 186 valence electrons. The van der Waals surface area contributed by atoms with Crippen molar-refractivity contribution in [2.75, 3.05) is 14.1 Å². The van der Waals surface area contributed by atoms with Gasteiger partial charge >= 0.3 is 0 Å². The van der Waals surface area contributed by atoms with Gasteiger partial charge in [0.15, 0.2) is 28.8 Å². The maximum atomic E-state index is 13.1. The first-order chi connectivity index (χ1) is 14.9. The molecule has 0 saturated carbocycles. The molecule has 0 amide bonds. The Morgan fingerprint density at radius 2 is 1.18 bits per heavy atom. The van der Waals surface area contributed by atoms with Gasteiger partial charge in [0, 0.05) is 26.9 Å². The Morgan fingerprint density at radius 1 is 0.848 bits per heavy atom. The summed E-state index contributed by atoms with van der Waals surface area (Å²) in [5, 5.41) is 2.99. The van der Waals surface area contributed by atoms with E-state index < -0.39 is 23.3 Å². The van der Waals surface area contributed by atoms with Crippen molar-refractivity contribution in [3.05, 3.63) is 74.5 Å². The van der Waals surface area contributed by atoms with Gasteiger partial charge in [-0.05, 0) is 84.1 Å². The van der Waals surface area contributed by atoms with E-state index in [2.05, 4.69) is 69.8 Å². The van der Waals surface area contributed by atoms with E-state index in [1.807, 2.05) is 27.9 Å². The molecule has 9 heteroatoms. The first kappa shape index (κ1) is 32.2. The zero-order chi connectivity index (χ0) is 26.1. The van der Waals surface area contributed by atoms with E-state index >= 15 is 0 Å². The summed E-state index contributed by atoms with van der Waals surface area (Å²) < 4.78 is 52.0. The third-order valence-corrected chi connectivity index (χ3v) is 6.32. The molecule has 33 heavy (non-hydrogen) atoms. The quantitative estimate of drug-likeness (QED) is 0.161. The minimum absolute atomic E-state index is 0.00962. The minimum atomic E-state index is -0.871. The topological polar surface area (TPSA) is 15.3 Å². The number of alkyl halides is 1. The van der Waals surface area contributed by atoms with Gasteiger partial charge in [-0.25, -0.2) is 17.6 Å². The van der Waals surface area contributed by atoms with Gasteiger partial charge in [-0.2, -0.15) is 0 Å². The molecular weight excluding hydrogens is 588 g/mol. The van der Waals surface area contributed by atoms with Crippen LogP contribution in [0.1, 0.15) is 45.7 Å². The van der Waals surface area contributed by atoms with Crippen LogP contribution in [0, 0.1) is 30.2 Å². The van der Waals surface area contributed by atoms with Crippen molar-refractivity contribution < 1.29 is 17.6 Å². The van der Waals surface area contributed by atoms with E-state index in [9.17, 15) is 17.6 Å². The molecule has 0 unspecified atom stereocenters. The highest BCUT2D eigenvalue weighted by Gasteiger charge is 2.19.